The molecule has 1 aromatic carbocycles. The molecule has 0 radical (unpaired) electrons. The summed E-state index contributed by atoms with van der Waals surface area (Å²) >= 11 is 0. The Bertz CT molecular complexity index is 1200. The van der Waals surface area contributed by atoms with Crippen molar-refractivity contribution in [1.82, 2.24) is 20.2 Å². The summed E-state index contributed by atoms with van der Waals surface area (Å²) < 4.78 is 34.7. The normalized spacial score (nSPS) is 19.3. The zero-order chi connectivity index (χ0) is 21.5. The van der Waals surface area contributed by atoms with E-state index in [1.54, 1.807) is 38.2 Å². The maximum absolute atomic E-state index is 13.4. The molecule has 9 nitrogen and oxygen atoms in total. The lowest BCUT2D eigenvalue weighted by Gasteiger charge is -2.21. The summed E-state index contributed by atoms with van der Waals surface area (Å²) in [5.74, 6) is 0.584. The molecular formula is C20H22N4O5S. The highest BCUT2D eigenvalue weighted by Gasteiger charge is 2.33. The smallest absolute Gasteiger partial charge is 0.404 e. The van der Waals surface area contributed by atoms with Gasteiger partial charge in [0.1, 0.15) is 5.76 Å². The first-order chi connectivity index (χ1) is 14.3. The quantitative estimate of drug-likeness (QED) is 0.566. The number of nitrogens with zero attached hydrogens (tertiary/aromatic N) is 2. The van der Waals surface area contributed by atoms with Crippen molar-refractivity contribution in [2.45, 2.75) is 50.1 Å². The van der Waals surface area contributed by atoms with E-state index in [4.69, 9.17) is 9.63 Å². The molecule has 1 aliphatic rings. The number of nitrogens with one attached hydrogen (secondary N) is 2. The summed E-state index contributed by atoms with van der Waals surface area (Å²) in [4.78, 5) is 15.5. The fourth-order valence-corrected chi connectivity index (χ4v) is 5.66. The Balaban J connectivity index is 1.80. The Hall–Kier alpha value is -2.98. The molecule has 3 aromatic rings. The summed E-state index contributed by atoms with van der Waals surface area (Å²) in [5.41, 5.74) is 2.55. The molecule has 0 saturated heterocycles. The summed E-state index contributed by atoms with van der Waals surface area (Å²) in [6.45, 7) is 3.56. The number of pyridine rings is 1. The molecule has 1 aliphatic carbocycles. The van der Waals surface area contributed by atoms with E-state index in [9.17, 15) is 13.2 Å². The minimum Gasteiger partial charge on any atom is -0.465 e. The van der Waals surface area contributed by atoms with E-state index < -0.39 is 28.2 Å². The highest BCUT2D eigenvalue weighted by molar-refractivity contribution is 7.89. The molecule has 1 fully saturated rings. The number of sulfonamides is 1. The standard InChI is InChI=1S/C20H22N4O5S/c1-11-19(12(2)29-23-11)13-9-17-14(5-4-8-21-17)18(10-13)30(27,28)24-16-7-3-6-15(16)22-20(25)26/h4-5,8-10,15-16,22,24H,3,6-7H2,1-2H3,(H,25,26)/t15-,16+/m0/s1. The molecule has 2 aromatic heterocycles. The van der Waals surface area contributed by atoms with Crippen LogP contribution in [0.5, 0.6) is 0 Å². The van der Waals surface area contributed by atoms with Crippen molar-refractivity contribution in [3.8, 4) is 11.1 Å². The Kier molecular flexibility index (Phi) is 5.20. The number of aromatic nitrogens is 2. The van der Waals surface area contributed by atoms with Gasteiger partial charge in [-0.3, -0.25) is 4.98 Å². The number of aryl methyl sites for hydroxylation is 2. The van der Waals surface area contributed by atoms with Gasteiger partial charge in [-0.1, -0.05) is 5.16 Å². The van der Waals surface area contributed by atoms with Gasteiger partial charge in [0.15, 0.2) is 0 Å². The van der Waals surface area contributed by atoms with Gasteiger partial charge in [-0.2, -0.15) is 0 Å². The van der Waals surface area contributed by atoms with Crippen molar-refractivity contribution in [2.24, 2.45) is 0 Å². The summed E-state index contributed by atoms with van der Waals surface area (Å²) in [7, 11) is -3.95. The lowest BCUT2D eigenvalue weighted by Crippen LogP contribution is -2.48. The molecule has 10 heteroatoms. The van der Waals surface area contributed by atoms with Crippen molar-refractivity contribution >= 4 is 27.0 Å². The molecule has 0 bridgehead atoms. The van der Waals surface area contributed by atoms with Crippen LogP contribution in [0.2, 0.25) is 0 Å². The fourth-order valence-electron chi connectivity index (χ4n) is 4.11. The van der Waals surface area contributed by atoms with Crippen LogP contribution in [0.3, 0.4) is 0 Å². The number of hydrogen-bond donors (Lipinski definition) is 3. The lowest BCUT2D eigenvalue weighted by molar-refractivity contribution is 0.188. The minimum absolute atomic E-state index is 0.0871. The van der Waals surface area contributed by atoms with Crippen molar-refractivity contribution in [1.29, 1.82) is 0 Å². The van der Waals surface area contributed by atoms with Crippen LogP contribution in [0, 0.1) is 13.8 Å². The molecule has 2 heterocycles. The molecule has 158 valence electrons. The fraction of sp³-hybridized carbons (Fsp3) is 0.350. The molecule has 0 aliphatic heterocycles. The predicted octanol–water partition coefficient (Wildman–Crippen LogP) is 2.97. The zero-order valence-corrected chi connectivity index (χ0v) is 17.4. The lowest BCUT2D eigenvalue weighted by atomic mass is 10.0. The first-order valence-corrected chi connectivity index (χ1v) is 11.1. The van der Waals surface area contributed by atoms with Crippen molar-refractivity contribution in [3.05, 3.63) is 41.9 Å². The zero-order valence-electron chi connectivity index (χ0n) is 16.5. The van der Waals surface area contributed by atoms with Gasteiger partial charge in [-0.05, 0) is 62.9 Å². The molecule has 0 unspecified atom stereocenters. The van der Waals surface area contributed by atoms with Crippen molar-refractivity contribution < 1.29 is 22.8 Å². The van der Waals surface area contributed by atoms with Crippen LogP contribution in [0.25, 0.3) is 22.0 Å². The third kappa shape index (κ3) is 3.75. The summed E-state index contributed by atoms with van der Waals surface area (Å²) in [6, 6.07) is 5.81. The van der Waals surface area contributed by atoms with Gasteiger partial charge in [0.05, 0.1) is 16.1 Å². The monoisotopic (exact) mass is 430 g/mol. The predicted molar refractivity (Wildman–Crippen MR) is 110 cm³/mol. The van der Waals surface area contributed by atoms with Crippen LogP contribution in [0.4, 0.5) is 4.79 Å². The van der Waals surface area contributed by atoms with Crippen molar-refractivity contribution in [2.75, 3.05) is 0 Å². The first kappa shape index (κ1) is 20.3. The third-order valence-corrected chi connectivity index (χ3v) is 6.96. The molecular weight excluding hydrogens is 408 g/mol. The average Bonchev–Trinajstić information content (AvgIpc) is 3.25. The molecule has 1 saturated carbocycles. The number of fused-ring (bicyclic) bond motifs is 1. The van der Waals surface area contributed by atoms with Crippen LogP contribution in [0.1, 0.15) is 30.7 Å². The number of carbonyl (C=O) groups is 1. The summed E-state index contributed by atoms with van der Waals surface area (Å²) in [6.07, 6.45) is 2.32. The highest BCUT2D eigenvalue weighted by Crippen LogP contribution is 2.33. The van der Waals surface area contributed by atoms with E-state index in [0.717, 1.165) is 12.0 Å². The van der Waals surface area contributed by atoms with Gasteiger partial charge in [-0.25, -0.2) is 17.9 Å². The van der Waals surface area contributed by atoms with E-state index in [1.807, 2.05) is 6.07 Å². The highest BCUT2D eigenvalue weighted by atomic mass is 32.2. The Morgan fingerprint density at radius 1 is 1.23 bits per heavy atom. The van der Waals surface area contributed by atoms with Gasteiger partial charge < -0.3 is 14.9 Å². The maximum Gasteiger partial charge on any atom is 0.404 e. The number of hydrogen-bond acceptors (Lipinski definition) is 6. The van der Waals surface area contributed by atoms with Gasteiger partial charge in [-0.15, -0.1) is 0 Å². The van der Waals surface area contributed by atoms with E-state index in [2.05, 4.69) is 20.2 Å². The van der Waals surface area contributed by atoms with Crippen LogP contribution < -0.4 is 10.0 Å². The van der Waals surface area contributed by atoms with Gasteiger partial charge >= 0.3 is 6.09 Å². The van der Waals surface area contributed by atoms with Gasteiger partial charge in [0.2, 0.25) is 10.0 Å². The second kappa shape index (κ2) is 7.69. The third-order valence-electron chi connectivity index (χ3n) is 5.43. The molecule has 2 atom stereocenters. The minimum atomic E-state index is -3.95. The molecule has 3 N–H and O–H groups in total. The van der Waals surface area contributed by atoms with Crippen LogP contribution in [0.15, 0.2) is 39.9 Å². The Morgan fingerprint density at radius 2 is 2.00 bits per heavy atom. The largest absolute Gasteiger partial charge is 0.465 e. The Morgan fingerprint density at radius 3 is 2.70 bits per heavy atom. The second-order valence-corrected chi connectivity index (χ2v) is 9.14. The molecule has 0 spiro atoms. The van der Waals surface area contributed by atoms with E-state index in [1.165, 1.54) is 0 Å². The second-order valence-electron chi connectivity index (χ2n) is 7.46. The molecule has 30 heavy (non-hydrogen) atoms. The number of benzene rings is 1. The van der Waals surface area contributed by atoms with E-state index >= 15 is 0 Å². The number of amides is 1. The topological polar surface area (TPSA) is 134 Å². The SMILES string of the molecule is Cc1noc(C)c1-c1cc(S(=O)(=O)N[C@@H]2CCC[C@@H]2NC(=O)O)c2cccnc2c1. The Labute approximate surface area is 173 Å². The first-order valence-electron chi connectivity index (χ1n) is 9.60. The van der Waals surface area contributed by atoms with Crippen LogP contribution in [-0.4, -0.2) is 41.8 Å². The van der Waals surface area contributed by atoms with Gasteiger partial charge in [0, 0.05) is 29.2 Å². The average molecular weight is 430 g/mol. The summed E-state index contributed by atoms with van der Waals surface area (Å²) in [5, 5.41) is 15.9. The van der Waals surface area contributed by atoms with Crippen molar-refractivity contribution in [3.63, 3.8) is 0 Å². The van der Waals surface area contributed by atoms with Crippen LogP contribution >= 0.6 is 0 Å². The number of carboxylic acid groups (broad SMARTS) is 1. The van der Waals surface area contributed by atoms with Gasteiger partial charge in [0.25, 0.3) is 0 Å². The van der Waals surface area contributed by atoms with E-state index in [0.29, 0.717) is 40.8 Å². The van der Waals surface area contributed by atoms with E-state index in [-0.39, 0.29) is 4.90 Å². The van der Waals surface area contributed by atoms with Crippen LogP contribution in [-0.2, 0) is 10.0 Å². The number of rotatable bonds is 5. The maximum atomic E-state index is 13.4. The molecule has 1 amide bonds. The molecule has 4 rings (SSSR count).